The summed E-state index contributed by atoms with van der Waals surface area (Å²) >= 11 is 1.85. The number of nitrogens with zero attached hydrogens (tertiary/aromatic N) is 4. The zero-order valence-corrected chi connectivity index (χ0v) is 21.2. The van der Waals surface area contributed by atoms with E-state index in [0.29, 0.717) is 6.04 Å². The minimum atomic E-state index is 0. The van der Waals surface area contributed by atoms with Crippen molar-refractivity contribution in [2.24, 2.45) is 12.0 Å². The first-order valence-corrected chi connectivity index (χ1v) is 11.3. The third-order valence-corrected chi connectivity index (χ3v) is 6.57. The molecule has 0 radical (unpaired) electrons. The fraction of sp³-hybridized carbons (Fsp3) is 0.619. The summed E-state index contributed by atoms with van der Waals surface area (Å²) < 4.78 is 2.02. The molecule has 3 heterocycles. The second-order valence-electron chi connectivity index (χ2n) is 7.28. The van der Waals surface area contributed by atoms with Crippen molar-refractivity contribution in [3.8, 4) is 0 Å². The molecule has 1 saturated heterocycles. The highest BCUT2D eigenvalue weighted by atomic mass is 127. The van der Waals surface area contributed by atoms with E-state index in [2.05, 4.69) is 57.0 Å². The molecule has 0 aromatic carbocycles. The largest absolute Gasteiger partial charge is 0.354 e. The van der Waals surface area contributed by atoms with Crippen molar-refractivity contribution >= 4 is 41.3 Å². The maximum atomic E-state index is 4.68. The quantitative estimate of drug-likeness (QED) is 0.310. The lowest BCUT2D eigenvalue weighted by Crippen LogP contribution is -2.42. The number of guanidine groups is 1. The third-order valence-electron chi connectivity index (χ3n) is 5.60. The molecule has 8 heteroatoms. The Kier molecular flexibility index (Phi) is 9.91. The number of halogens is 1. The van der Waals surface area contributed by atoms with Crippen LogP contribution >= 0.6 is 35.3 Å². The number of thiophene rings is 1. The van der Waals surface area contributed by atoms with Crippen molar-refractivity contribution in [1.29, 1.82) is 0 Å². The van der Waals surface area contributed by atoms with Gasteiger partial charge >= 0.3 is 0 Å². The monoisotopic (exact) mass is 530 g/mol. The van der Waals surface area contributed by atoms with E-state index in [1.165, 1.54) is 47.8 Å². The molecule has 2 N–H and O–H groups in total. The summed E-state index contributed by atoms with van der Waals surface area (Å²) in [5.41, 5.74) is 3.79. The molecule has 0 aliphatic carbocycles. The van der Waals surface area contributed by atoms with Gasteiger partial charge in [-0.05, 0) is 50.2 Å². The molecule has 6 nitrogen and oxygen atoms in total. The third kappa shape index (κ3) is 5.95. The molecule has 0 bridgehead atoms. The summed E-state index contributed by atoms with van der Waals surface area (Å²) in [6, 6.07) is 4.82. The molecule has 162 valence electrons. The average molecular weight is 531 g/mol. The van der Waals surface area contributed by atoms with Gasteiger partial charge in [0.25, 0.3) is 0 Å². The Labute approximate surface area is 196 Å². The Balaban J connectivity index is 0.00000300. The SMILES string of the molecule is CCc1nn(C)c(CC)c1CNC(=NC)NCC(c1cccs1)N1CCCC1.I. The lowest BCUT2D eigenvalue weighted by molar-refractivity contribution is 0.249. The van der Waals surface area contributed by atoms with Crippen molar-refractivity contribution in [3.63, 3.8) is 0 Å². The van der Waals surface area contributed by atoms with Gasteiger partial charge in [0.1, 0.15) is 0 Å². The molecule has 0 amide bonds. The fourth-order valence-corrected chi connectivity index (χ4v) is 4.98. The number of rotatable bonds is 8. The summed E-state index contributed by atoms with van der Waals surface area (Å²) in [4.78, 5) is 8.48. The number of aryl methyl sites for hydroxylation is 2. The molecule has 0 saturated carbocycles. The van der Waals surface area contributed by atoms with E-state index in [4.69, 9.17) is 0 Å². The molecule has 0 spiro atoms. The van der Waals surface area contributed by atoms with Gasteiger partial charge in [-0.2, -0.15) is 5.10 Å². The Bertz CT molecular complexity index is 764. The minimum Gasteiger partial charge on any atom is -0.354 e. The second kappa shape index (κ2) is 11.9. The maximum Gasteiger partial charge on any atom is 0.191 e. The lowest BCUT2D eigenvalue weighted by atomic mass is 10.1. The van der Waals surface area contributed by atoms with Gasteiger partial charge in [-0.25, -0.2) is 0 Å². The van der Waals surface area contributed by atoms with Crippen molar-refractivity contribution in [3.05, 3.63) is 39.3 Å². The van der Waals surface area contributed by atoms with E-state index in [9.17, 15) is 0 Å². The number of likely N-dealkylation sites (tertiary alicyclic amines) is 1. The van der Waals surface area contributed by atoms with Crippen molar-refractivity contribution in [2.75, 3.05) is 26.7 Å². The predicted octanol–water partition coefficient (Wildman–Crippen LogP) is 3.73. The van der Waals surface area contributed by atoms with Crippen LogP contribution in [0.3, 0.4) is 0 Å². The van der Waals surface area contributed by atoms with Crippen LogP contribution in [0.2, 0.25) is 0 Å². The van der Waals surface area contributed by atoms with Crippen LogP contribution in [0.25, 0.3) is 0 Å². The van der Waals surface area contributed by atoms with Crippen LogP contribution in [0.4, 0.5) is 0 Å². The fourth-order valence-electron chi connectivity index (χ4n) is 4.12. The maximum absolute atomic E-state index is 4.68. The zero-order valence-electron chi connectivity index (χ0n) is 18.1. The van der Waals surface area contributed by atoms with Gasteiger partial charge in [0.15, 0.2) is 5.96 Å². The molecular weight excluding hydrogens is 495 g/mol. The number of aliphatic imine (C=N–C) groups is 1. The molecule has 2 aromatic rings. The Morgan fingerprint density at radius 2 is 2.00 bits per heavy atom. The first-order valence-electron chi connectivity index (χ1n) is 10.4. The normalized spacial score (nSPS) is 15.9. The second-order valence-corrected chi connectivity index (χ2v) is 8.26. The summed E-state index contributed by atoms with van der Waals surface area (Å²) in [6.07, 6.45) is 4.54. The van der Waals surface area contributed by atoms with Gasteiger partial charge in [0.2, 0.25) is 0 Å². The van der Waals surface area contributed by atoms with E-state index in [0.717, 1.165) is 31.9 Å². The van der Waals surface area contributed by atoms with Crippen LogP contribution in [0, 0.1) is 0 Å². The van der Waals surface area contributed by atoms with Crippen LogP contribution in [0.1, 0.15) is 54.6 Å². The first-order chi connectivity index (χ1) is 13.7. The van der Waals surface area contributed by atoms with E-state index in [1.807, 2.05) is 30.1 Å². The number of aromatic nitrogens is 2. The molecule has 1 unspecified atom stereocenters. The highest BCUT2D eigenvalue weighted by molar-refractivity contribution is 14.0. The molecule has 1 aliphatic rings. The molecule has 1 aliphatic heterocycles. The molecular formula is C21H35IN6S. The highest BCUT2D eigenvalue weighted by Gasteiger charge is 2.24. The Morgan fingerprint density at radius 3 is 2.59 bits per heavy atom. The lowest BCUT2D eigenvalue weighted by Gasteiger charge is -2.27. The van der Waals surface area contributed by atoms with Gasteiger partial charge < -0.3 is 10.6 Å². The number of hydrogen-bond donors (Lipinski definition) is 2. The van der Waals surface area contributed by atoms with E-state index in [1.54, 1.807) is 0 Å². The first kappa shape index (κ1) is 24.1. The summed E-state index contributed by atoms with van der Waals surface area (Å²) in [5.74, 6) is 0.855. The number of nitrogens with one attached hydrogen (secondary N) is 2. The average Bonchev–Trinajstić information content (AvgIpc) is 3.46. The van der Waals surface area contributed by atoms with E-state index < -0.39 is 0 Å². The van der Waals surface area contributed by atoms with Crippen LogP contribution in [-0.2, 0) is 26.4 Å². The van der Waals surface area contributed by atoms with Crippen LogP contribution in [0.5, 0.6) is 0 Å². The summed E-state index contributed by atoms with van der Waals surface area (Å²) in [7, 11) is 3.88. The Hall–Kier alpha value is -1.13. The highest BCUT2D eigenvalue weighted by Crippen LogP contribution is 2.27. The van der Waals surface area contributed by atoms with Gasteiger partial charge in [0, 0.05) is 43.3 Å². The van der Waals surface area contributed by atoms with Gasteiger partial charge in [-0.1, -0.05) is 19.9 Å². The van der Waals surface area contributed by atoms with Gasteiger partial charge in [-0.15, -0.1) is 35.3 Å². The predicted molar refractivity (Wildman–Crippen MR) is 133 cm³/mol. The summed E-state index contributed by atoms with van der Waals surface area (Å²) in [5, 5.41) is 13.9. The van der Waals surface area contributed by atoms with Crippen LogP contribution in [0.15, 0.2) is 22.5 Å². The molecule has 3 rings (SSSR count). The number of hydrogen-bond acceptors (Lipinski definition) is 4. The molecule has 1 atom stereocenters. The Morgan fingerprint density at radius 1 is 1.24 bits per heavy atom. The molecule has 2 aromatic heterocycles. The van der Waals surface area contributed by atoms with Crippen molar-refractivity contribution in [1.82, 2.24) is 25.3 Å². The van der Waals surface area contributed by atoms with Crippen LogP contribution in [-0.4, -0.2) is 47.3 Å². The van der Waals surface area contributed by atoms with E-state index in [-0.39, 0.29) is 24.0 Å². The van der Waals surface area contributed by atoms with Crippen molar-refractivity contribution < 1.29 is 0 Å². The topological polar surface area (TPSA) is 57.5 Å². The minimum absolute atomic E-state index is 0. The van der Waals surface area contributed by atoms with Gasteiger partial charge in [0.05, 0.1) is 11.7 Å². The van der Waals surface area contributed by atoms with Crippen molar-refractivity contribution in [2.45, 2.75) is 52.1 Å². The van der Waals surface area contributed by atoms with Gasteiger partial charge in [-0.3, -0.25) is 14.6 Å². The van der Waals surface area contributed by atoms with E-state index >= 15 is 0 Å². The molecule has 1 fully saturated rings. The molecule has 29 heavy (non-hydrogen) atoms. The standard InChI is InChI=1S/C21H34N6S.HI/c1-5-17-16(18(6-2)26(4)25-17)14-23-21(22-3)24-15-19(20-10-9-13-28-20)27-11-7-8-12-27;/h9-10,13,19H,5-8,11-12,14-15H2,1-4H3,(H2,22,23,24);1H. The van der Waals surface area contributed by atoms with Crippen LogP contribution < -0.4 is 10.6 Å². The zero-order chi connectivity index (χ0) is 19.9. The summed E-state index contributed by atoms with van der Waals surface area (Å²) in [6.45, 7) is 8.35. The smallest absolute Gasteiger partial charge is 0.191 e.